The van der Waals surface area contributed by atoms with Crippen LogP contribution in [0.3, 0.4) is 0 Å². The smallest absolute Gasteiger partial charge is 0.306 e. The topological polar surface area (TPSA) is 94.4 Å². The summed E-state index contributed by atoms with van der Waals surface area (Å²) < 4.78 is 11.6. The first-order valence-corrected chi connectivity index (χ1v) is 12.3. The van der Waals surface area contributed by atoms with Crippen LogP contribution in [-0.2, 0) is 11.2 Å². The Morgan fingerprint density at radius 2 is 2.00 bits per heavy atom. The summed E-state index contributed by atoms with van der Waals surface area (Å²) in [6.45, 7) is 3.73. The van der Waals surface area contributed by atoms with E-state index in [1.165, 1.54) is 0 Å². The monoisotopic (exact) mass is 493 g/mol. The van der Waals surface area contributed by atoms with Gasteiger partial charge in [0.1, 0.15) is 17.5 Å². The number of methoxy groups -OCH3 is 1. The minimum absolute atomic E-state index is 0.00434. The Hall–Kier alpha value is -3.19. The predicted molar refractivity (Wildman–Crippen MR) is 132 cm³/mol. The van der Waals surface area contributed by atoms with Crippen LogP contribution in [0.2, 0.25) is 5.02 Å². The highest BCUT2D eigenvalue weighted by Crippen LogP contribution is 2.48. The van der Waals surface area contributed by atoms with E-state index < -0.39 is 11.9 Å². The number of rotatable bonds is 7. The first-order valence-electron chi connectivity index (χ1n) is 11.9. The molecule has 7 nitrogen and oxygen atoms in total. The van der Waals surface area contributed by atoms with Crippen LogP contribution in [0.15, 0.2) is 36.7 Å². The highest BCUT2D eigenvalue weighted by atomic mass is 35.5. The van der Waals surface area contributed by atoms with E-state index in [0.29, 0.717) is 28.1 Å². The zero-order chi connectivity index (χ0) is 24.7. The molecule has 2 aliphatic rings. The third-order valence-corrected chi connectivity index (χ3v) is 7.39. The standard InChI is InChI=1S/C27H28ClN3O4/c1-14(27(32)33)25(17-5-6-17)18-7-4-16-8-9-22(35-23(16)10-18)26-15(2)31-21(13-30-26)19-11-24(34-3)29-12-20(19)28/h4,7,10-14,17,22,25H,5-6,8-9H2,1-3H3,(H,32,33)/t14-,22?,25?/m0/s1. The van der Waals surface area contributed by atoms with Gasteiger partial charge in [-0.1, -0.05) is 30.7 Å². The molecule has 1 fully saturated rings. The van der Waals surface area contributed by atoms with E-state index in [0.717, 1.165) is 53.9 Å². The summed E-state index contributed by atoms with van der Waals surface area (Å²) in [5, 5.41) is 10.1. The average Bonchev–Trinajstić information content (AvgIpc) is 3.69. The first-order chi connectivity index (χ1) is 16.9. The van der Waals surface area contributed by atoms with Gasteiger partial charge in [-0.25, -0.2) is 9.97 Å². The van der Waals surface area contributed by atoms with Crippen molar-refractivity contribution in [2.45, 2.75) is 51.6 Å². The Kier molecular flexibility index (Phi) is 6.36. The Balaban J connectivity index is 1.41. The van der Waals surface area contributed by atoms with Gasteiger partial charge in [-0.3, -0.25) is 9.78 Å². The molecule has 182 valence electrons. The maximum Gasteiger partial charge on any atom is 0.306 e. The van der Waals surface area contributed by atoms with Gasteiger partial charge in [0.25, 0.3) is 0 Å². The molecule has 0 spiro atoms. The number of carbonyl (C=O) groups is 1. The van der Waals surface area contributed by atoms with Crippen molar-refractivity contribution in [1.29, 1.82) is 0 Å². The van der Waals surface area contributed by atoms with E-state index in [2.05, 4.69) is 17.1 Å². The molecular weight excluding hydrogens is 466 g/mol. The second-order valence-corrected chi connectivity index (χ2v) is 9.84. The number of nitrogens with zero attached hydrogens (tertiary/aromatic N) is 3. The van der Waals surface area contributed by atoms with Gasteiger partial charge in [0.05, 0.1) is 41.8 Å². The van der Waals surface area contributed by atoms with Crippen LogP contribution in [0.5, 0.6) is 11.6 Å². The van der Waals surface area contributed by atoms with E-state index in [-0.39, 0.29) is 12.0 Å². The van der Waals surface area contributed by atoms with Crippen LogP contribution in [-0.4, -0.2) is 33.1 Å². The van der Waals surface area contributed by atoms with E-state index in [1.807, 2.05) is 13.0 Å². The van der Waals surface area contributed by atoms with Gasteiger partial charge in [-0.2, -0.15) is 0 Å². The number of benzene rings is 1. The molecule has 3 heterocycles. The summed E-state index contributed by atoms with van der Waals surface area (Å²) in [7, 11) is 1.55. The highest BCUT2D eigenvalue weighted by Gasteiger charge is 2.39. The minimum atomic E-state index is -0.753. The summed E-state index contributed by atoms with van der Waals surface area (Å²) in [4.78, 5) is 25.3. The average molecular weight is 494 g/mol. The molecular formula is C27H28ClN3O4. The number of aryl methyl sites for hydroxylation is 2. The highest BCUT2D eigenvalue weighted by molar-refractivity contribution is 6.33. The molecule has 0 bridgehead atoms. The van der Waals surface area contributed by atoms with Crippen molar-refractivity contribution in [3.05, 3.63) is 64.2 Å². The SMILES string of the molecule is COc1cc(-c2cnc(C3CCc4ccc(C(C5CC5)[C@H](C)C(=O)O)cc4O3)c(C)n2)c(Cl)cn1. The molecule has 8 heteroatoms. The number of aliphatic carboxylic acids is 1. The van der Waals surface area contributed by atoms with Gasteiger partial charge in [0.2, 0.25) is 5.88 Å². The zero-order valence-corrected chi connectivity index (χ0v) is 20.7. The van der Waals surface area contributed by atoms with Gasteiger partial charge >= 0.3 is 5.97 Å². The second kappa shape index (κ2) is 9.46. The van der Waals surface area contributed by atoms with Gasteiger partial charge in [-0.05, 0) is 61.6 Å². The van der Waals surface area contributed by atoms with Crippen molar-refractivity contribution in [3.63, 3.8) is 0 Å². The number of carboxylic acid groups (broad SMARTS) is 1. The second-order valence-electron chi connectivity index (χ2n) is 9.43. The number of aromatic nitrogens is 3. The van der Waals surface area contributed by atoms with Gasteiger partial charge in [0.15, 0.2) is 0 Å². The van der Waals surface area contributed by atoms with E-state index in [9.17, 15) is 9.90 Å². The van der Waals surface area contributed by atoms with Gasteiger partial charge in [0, 0.05) is 11.6 Å². The largest absolute Gasteiger partial charge is 0.484 e. The van der Waals surface area contributed by atoms with Crippen molar-refractivity contribution in [2.24, 2.45) is 11.8 Å². The maximum absolute atomic E-state index is 11.7. The van der Waals surface area contributed by atoms with Crippen molar-refractivity contribution in [3.8, 4) is 22.9 Å². The lowest BCUT2D eigenvalue weighted by atomic mass is 9.82. The Labute approximate surface area is 209 Å². The molecule has 0 saturated heterocycles. The number of carboxylic acids is 1. The fourth-order valence-corrected chi connectivity index (χ4v) is 5.23. The Bertz CT molecular complexity index is 1280. The van der Waals surface area contributed by atoms with Crippen LogP contribution in [0.1, 0.15) is 60.7 Å². The van der Waals surface area contributed by atoms with Gasteiger partial charge in [-0.15, -0.1) is 0 Å². The first kappa shape index (κ1) is 23.5. The molecule has 2 unspecified atom stereocenters. The lowest BCUT2D eigenvalue weighted by molar-refractivity contribution is -0.142. The number of ether oxygens (including phenoxy) is 2. The number of hydrogen-bond donors (Lipinski definition) is 1. The fraction of sp³-hybridized carbons (Fsp3) is 0.407. The van der Waals surface area contributed by atoms with Crippen molar-refractivity contribution < 1.29 is 19.4 Å². The molecule has 35 heavy (non-hydrogen) atoms. The van der Waals surface area contributed by atoms with Crippen molar-refractivity contribution >= 4 is 17.6 Å². The van der Waals surface area contributed by atoms with Crippen LogP contribution in [0, 0.1) is 18.8 Å². The third-order valence-electron chi connectivity index (χ3n) is 7.08. The lowest BCUT2D eigenvalue weighted by Crippen LogP contribution is -2.22. The number of halogens is 1. The molecule has 1 N–H and O–H groups in total. The summed E-state index contributed by atoms with van der Waals surface area (Å²) in [5.41, 5.74) is 5.10. The fourth-order valence-electron chi connectivity index (χ4n) is 5.03. The van der Waals surface area contributed by atoms with Crippen LogP contribution >= 0.6 is 11.6 Å². The van der Waals surface area contributed by atoms with Gasteiger partial charge < -0.3 is 14.6 Å². The normalized spacial score (nSPS) is 18.8. The molecule has 1 aliphatic heterocycles. The molecule has 2 aromatic heterocycles. The quantitative estimate of drug-likeness (QED) is 0.445. The molecule has 0 radical (unpaired) electrons. The molecule has 0 amide bonds. The lowest BCUT2D eigenvalue weighted by Gasteiger charge is -2.28. The number of pyridine rings is 1. The van der Waals surface area contributed by atoms with Crippen molar-refractivity contribution in [2.75, 3.05) is 7.11 Å². The summed E-state index contributed by atoms with van der Waals surface area (Å²) >= 11 is 6.35. The number of hydrogen-bond acceptors (Lipinski definition) is 6. The van der Waals surface area contributed by atoms with E-state index in [4.69, 9.17) is 31.0 Å². The van der Waals surface area contributed by atoms with Crippen LogP contribution in [0.4, 0.5) is 0 Å². The van der Waals surface area contributed by atoms with E-state index in [1.54, 1.807) is 32.5 Å². The third kappa shape index (κ3) is 4.69. The van der Waals surface area contributed by atoms with Crippen molar-refractivity contribution in [1.82, 2.24) is 15.0 Å². The van der Waals surface area contributed by atoms with Crippen LogP contribution < -0.4 is 9.47 Å². The maximum atomic E-state index is 11.7. The minimum Gasteiger partial charge on any atom is -0.484 e. The number of fused-ring (bicyclic) bond motifs is 1. The van der Waals surface area contributed by atoms with Crippen LogP contribution in [0.25, 0.3) is 11.3 Å². The molecule has 3 atom stereocenters. The molecule has 1 aromatic carbocycles. The predicted octanol–water partition coefficient (Wildman–Crippen LogP) is 5.79. The zero-order valence-electron chi connectivity index (χ0n) is 20.0. The summed E-state index contributed by atoms with van der Waals surface area (Å²) in [6, 6.07) is 7.96. The Morgan fingerprint density at radius 1 is 1.20 bits per heavy atom. The van der Waals surface area contributed by atoms with E-state index >= 15 is 0 Å². The molecule has 1 aliphatic carbocycles. The summed E-state index contributed by atoms with van der Waals surface area (Å²) in [6.07, 6.45) is 6.84. The summed E-state index contributed by atoms with van der Waals surface area (Å²) in [5.74, 6) is 0.518. The molecule has 1 saturated carbocycles. The Morgan fingerprint density at radius 3 is 2.69 bits per heavy atom. The molecule has 3 aromatic rings. The molecule has 5 rings (SSSR count).